The Hall–Kier alpha value is -3.06. The van der Waals surface area contributed by atoms with Crippen LogP contribution in [0, 0.1) is 0 Å². The molecule has 0 aliphatic heterocycles. The highest BCUT2D eigenvalue weighted by molar-refractivity contribution is 7.98. The number of aromatic hydroxyl groups is 1. The van der Waals surface area contributed by atoms with Gasteiger partial charge in [0.15, 0.2) is 11.5 Å². The molecule has 3 N–H and O–H groups in total. The standard InChI is InChI=1S/C22H23N3O3S/c1-5-25-11-14-19(22(25)26)20(23)13-7-9-17(29-4)18(21(13)24-14)12-6-8-15(27-2)16(10-12)28-3/h6-11,26H,5,23H2,1-4H3. The summed E-state index contributed by atoms with van der Waals surface area (Å²) in [5.74, 6) is 1.47. The number of nitrogen functional groups attached to an aromatic ring is 1. The highest BCUT2D eigenvalue weighted by Gasteiger charge is 2.20. The number of benzene rings is 2. The molecule has 0 amide bonds. The number of hydrogen-bond donors (Lipinski definition) is 2. The molecule has 2 aromatic carbocycles. The van der Waals surface area contributed by atoms with Crippen molar-refractivity contribution in [2.75, 3.05) is 26.2 Å². The highest BCUT2D eigenvalue weighted by Crippen LogP contribution is 2.43. The minimum absolute atomic E-state index is 0.149. The average Bonchev–Trinajstić information content (AvgIpc) is 3.08. The molecule has 0 unspecified atom stereocenters. The Morgan fingerprint density at radius 3 is 2.55 bits per heavy atom. The van der Waals surface area contributed by atoms with Crippen molar-refractivity contribution in [3.05, 3.63) is 36.5 Å². The Labute approximate surface area is 173 Å². The van der Waals surface area contributed by atoms with E-state index in [0.29, 0.717) is 34.6 Å². The molecule has 0 fully saturated rings. The summed E-state index contributed by atoms with van der Waals surface area (Å²) in [6, 6.07) is 9.84. The first-order valence-electron chi connectivity index (χ1n) is 9.24. The summed E-state index contributed by atoms with van der Waals surface area (Å²) >= 11 is 1.65. The van der Waals surface area contributed by atoms with E-state index in [1.807, 2.05) is 49.7 Å². The van der Waals surface area contributed by atoms with Gasteiger partial charge in [-0.15, -0.1) is 11.8 Å². The Morgan fingerprint density at radius 1 is 1.14 bits per heavy atom. The van der Waals surface area contributed by atoms with Crippen LogP contribution >= 0.6 is 11.8 Å². The van der Waals surface area contributed by atoms with Crippen molar-refractivity contribution in [2.24, 2.45) is 0 Å². The van der Waals surface area contributed by atoms with Crippen LogP contribution in [0.25, 0.3) is 32.9 Å². The summed E-state index contributed by atoms with van der Waals surface area (Å²) in [5, 5.41) is 12.0. The first-order valence-corrected chi connectivity index (χ1v) is 10.5. The molecule has 0 spiro atoms. The third-order valence-corrected chi connectivity index (χ3v) is 5.97. The Bertz CT molecular complexity index is 1230. The molecular weight excluding hydrogens is 386 g/mol. The number of pyridine rings is 1. The number of rotatable bonds is 5. The fourth-order valence-electron chi connectivity index (χ4n) is 3.72. The smallest absolute Gasteiger partial charge is 0.202 e. The molecule has 4 aromatic rings. The Morgan fingerprint density at radius 2 is 1.90 bits per heavy atom. The van der Waals surface area contributed by atoms with E-state index in [2.05, 4.69) is 0 Å². The summed E-state index contributed by atoms with van der Waals surface area (Å²) < 4.78 is 12.6. The van der Waals surface area contributed by atoms with Crippen molar-refractivity contribution in [3.63, 3.8) is 0 Å². The average molecular weight is 410 g/mol. The van der Waals surface area contributed by atoms with Crippen LogP contribution < -0.4 is 15.2 Å². The van der Waals surface area contributed by atoms with E-state index in [1.165, 1.54) is 0 Å². The molecule has 29 heavy (non-hydrogen) atoms. The van der Waals surface area contributed by atoms with Crippen LogP contribution in [0.15, 0.2) is 41.4 Å². The van der Waals surface area contributed by atoms with Crippen molar-refractivity contribution in [1.82, 2.24) is 9.55 Å². The van der Waals surface area contributed by atoms with Gasteiger partial charge in [0, 0.05) is 28.6 Å². The van der Waals surface area contributed by atoms with Crippen molar-refractivity contribution in [1.29, 1.82) is 0 Å². The highest BCUT2D eigenvalue weighted by atomic mass is 32.2. The first kappa shape index (κ1) is 19.3. The van der Waals surface area contributed by atoms with E-state index < -0.39 is 0 Å². The third kappa shape index (κ3) is 2.93. The van der Waals surface area contributed by atoms with Crippen LogP contribution in [0.4, 0.5) is 5.69 Å². The normalized spacial score (nSPS) is 11.3. The fraction of sp³-hybridized carbons (Fsp3) is 0.227. The summed E-state index contributed by atoms with van der Waals surface area (Å²) in [6.07, 6.45) is 3.87. The fourth-order valence-corrected chi connectivity index (χ4v) is 4.34. The van der Waals surface area contributed by atoms with Crippen molar-refractivity contribution < 1.29 is 14.6 Å². The zero-order valence-corrected chi connectivity index (χ0v) is 17.6. The summed E-state index contributed by atoms with van der Waals surface area (Å²) in [5.41, 5.74) is 10.4. The maximum atomic E-state index is 10.6. The topological polar surface area (TPSA) is 82.5 Å². The van der Waals surface area contributed by atoms with Crippen LogP contribution in [0.2, 0.25) is 0 Å². The molecule has 0 aliphatic carbocycles. The first-order chi connectivity index (χ1) is 14.0. The Kier molecular flexibility index (Phi) is 4.92. The van der Waals surface area contributed by atoms with E-state index in [4.69, 9.17) is 20.2 Å². The third-order valence-electron chi connectivity index (χ3n) is 5.19. The number of anilines is 1. The SMILES string of the molecule is CCn1cc2nc3c(-c4ccc(OC)c(OC)c4)c(SC)ccc3c(N)c2c1O. The molecule has 0 radical (unpaired) electrons. The second-order valence-electron chi connectivity index (χ2n) is 6.63. The lowest BCUT2D eigenvalue weighted by Gasteiger charge is -2.15. The lowest BCUT2D eigenvalue weighted by Crippen LogP contribution is -1.96. The number of nitrogens with two attached hydrogens (primary N) is 1. The number of aryl methyl sites for hydroxylation is 1. The predicted molar refractivity (Wildman–Crippen MR) is 119 cm³/mol. The van der Waals surface area contributed by atoms with Gasteiger partial charge in [-0.1, -0.05) is 6.07 Å². The number of aromatic nitrogens is 2. The van der Waals surface area contributed by atoms with Crippen LogP contribution in [0.3, 0.4) is 0 Å². The van der Waals surface area contributed by atoms with E-state index in [1.54, 1.807) is 30.5 Å². The number of fused-ring (bicyclic) bond motifs is 2. The lowest BCUT2D eigenvalue weighted by molar-refractivity contribution is 0.355. The monoisotopic (exact) mass is 409 g/mol. The van der Waals surface area contributed by atoms with Crippen molar-refractivity contribution in [3.8, 4) is 28.5 Å². The van der Waals surface area contributed by atoms with Gasteiger partial charge < -0.3 is 24.9 Å². The number of methoxy groups -OCH3 is 2. The maximum Gasteiger partial charge on any atom is 0.202 e. The zero-order valence-electron chi connectivity index (χ0n) is 16.8. The van der Waals surface area contributed by atoms with Gasteiger partial charge >= 0.3 is 0 Å². The minimum atomic E-state index is 0.149. The van der Waals surface area contributed by atoms with Gasteiger partial charge in [0.2, 0.25) is 5.88 Å². The van der Waals surface area contributed by atoms with E-state index in [0.717, 1.165) is 26.9 Å². The van der Waals surface area contributed by atoms with Crippen LogP contribution in [0.1, 0.15) is 6.92 Å². The van der Waals surface area contributed by atoms with Gasteiger partial charge in [0.1, 0.15) is 0 Å². The second-order valence-corrected chi connectivity index (χ2v) is 7.48. The lowest BCUT2D eigenvalue weighted by atomic mass is 9.99. The largest absolute Gasteiger partial charge is 0.494 e. The number of thioether (sulfide) groups is 1. The van der Waals surface area contributed by atoms with Gasteiger partial charge in [-0.3, -0.25) is 0 Å². The summed E-state index contributed by atoms with van der Waals surface area (Å²) in [4.78, 5) is 5.98. The molecular formula is C22H23N3O3S. The predicted octanol–water partition coefficient (Wildman–Crippen LogP) is 4.90. The van der Waals surface area contributed by atoms with Crippen molar-refractivity contribution >= 4 is 39.3 Å². The molecule has 0 aliphatic rings. The molecule has 4 rings (SSSR count). The summed E-state index contributed by atoms with van der Waals surface area (Å²) in [7, 11) is 3.24. The Balaban J connectivity index is 2.10. The van der Waals surface area contributed by atoms with E-state index >= 15 is 0 Å². The minimum Gasteiger partial charge on any atom is -0.494 e. The van der Waals surface area contributed by atoms with E-state index in [9.17, 15) is 5.11 Å². The molecule has 6 nitrogen and oxygen atoms in total. The maximum absolute atomic E-state index is 10.6. The molecule has 2 heterocycles. The molecule has 0 bridgehead atoms. The van der Waals surface area contributed by atoms with Gasteiger partial charge in [-0.05, 0) is 43.0 Å². The molecule has 0 atom stereocenters. The number of hydrogen-bond acceptors (Lipinski definition) is 6. The van der Waals surface area contributed by atoms with Crippen molar-refractivity contribution in [2.45, 2.75) is 18.4 Å². The van der Waals surface area contributed by atoms with Gasteiger partial charge in [-0.2, -0.15) is 0 Å². The molecule has 150 valence electrons. The van der Waals surface area contributed by atoms with Gasteiger partial charge in [0.05, 0.1) is 36.3 Å². The van der Waals surface area contributed by atoms with E-state index in [-0.39, 0.29) is 5.88 Å². The second kappa shape index (κ2) is 7.40. The number of ether oxygens (including phenoxy) is 2. The van der Waals surface area contributed by atoms with Crippen LogP contribution in [-0.2, 0) is 6.54 Å². The van der Waals surface area contributed by atoms with Crippen LogP contribution in [-0.4, -0.2) is 35.1 Å². The van der Waals surface area contributed by atoms with Gasteiger partial charge in [0.25, 0.3) is 0 Å². The van der Waals surface area contributed by atoms with Gasteiger partial charge in [-0.25, -0.2) is 4.98 Å². The quantitative estimate of drug-likeness (QED) is 0.456. The molecule has 2 aromatic heterocycles. The zero-order chi connectivity index (χ0) is 20.7. The number of nitrogens with zero attached hydrogens (tertiary/aromatic N) is 2. The molecule has 0 saturated carbocycles. The van der Waals surface area contributed by atoms with Crippen LogP contribution in [0.5, 0.6) is 17.4 Å². The summed E-state index contributed by atoms with van der Waals surface area (Å²) in [6.45, 7) is 2.60. The molecule has 7 heteroatoms. The molecule has 0 saturated heterocycles.